The van der Waals surface area contributed by atoms with Gasteiger partial charge in [-0.25, -0.2) is 0 Å². The van der Waals surface area contributed by atoms with Crippen molar-refractivity contribution in [3.63, 3.8) is 0 Å². The quantitative estimate of drug-likeness (QED) is 0.767. The molecule has 0 aliphatic rings. The third kappa shape index (κ3) is 1.53. The molecule has 1 heterocycles. The molecule has 0 spiro atoms. The molecule has 0 atom stereocenters. The molecule has 0 fully saturated rings. The number of aryl methyl sites for hydroxylation is 1. The van der Waals surface area contributed by atoms with Crippen molar-refractivity contribution in [3.05, 3.63) is 45.2 Å². The van der Waals surface area contributed by atoms with Gasteiger partial charge in [0.15, 0.2) is 0 Å². The summed E-state index contributed by atoms with van der Waals surface area (Å²) in [6, 6.07) is 7.30. The first kappa shape index (κ1) is 9.28. The summed E-state index contributed by atoms with van der Waals surface area (Å²) in [5.41, 5.74) is 1.85. The predicted octanol–water partition coefficient (Wildman–Crippen LogP) is 2.74. The molecule has 2 aromatic rings. The Kier molecular flexibility index (Phi) is 2.30. The number of benzene rings is 1. The third-order valence-electron chi connectivity index (χ3n) is 2.27. The van der Waals surface area contributed by atoms with E-state index in [1.165, 1.54) is 11.6 Å². The second-order valence-corrected chi connectivity index (χ2v) is 3.62. The van der Waals surface area contributed by atoms with E-state index >= 15 is 0 Å². The van der Waals surface area contributed by atoms with Crippen molar-refractivity contribution in [2.45, 2.75) is 13.3 Å². The molecule has 0 aliphatic heterocycles. The summed E-state index contributed by atoms with van der Waals surface area (Å²) in [6.07, 6.45) is 0.964. The van der Waals surface area contributed by atoms with E-state index in [1.54, 1.807) is 0 Å². The molecule has 0 unspecified atom stereocenters. The number of nitrogens with one attached hydrogen (secondary N) is 1. The van der Waals surface area contributed by atoms with Gasteiger partial charge >= 0.3 is 0 Å². The summed E-state index contributed by atoms with van der Waals surface area (Å²) in [6.45, 7) is 2.08. The van der Waals surface area contributed by atoms with Crippen LogP contribution in [-0.4, -0.2) is 4.98 Å². The maximum absolute atomic E-state index is 11.1. The molecule has 0 saturated heterocycles. The zero-order chi connectivity index (χ0) is 10.1. The lowest BCUT2D eigenvalue weighted by atomic mass is 10.1. The van der Waals surface area contributed by atoms with Crippen LogP contribution in [0.15, 0.2) is 29.1 Å². The van der Waals surface area contributed by atoms with Crippen LogP contribution < -0.4 is 5.56 Å². The molecule has 0 saturated carbocycles. The highest BCUT2D eigenvalue weighted by Crippen LogP contribution is 2.21. The van der Waals surface area contributed by atoms with Crippen LogP contribution in [0.2, 0.25) is 5.02 Å². The maximum atomic E-state index is 11.1. The minimum atomic E-state index is -0.160. The molecule has 2 nitrogen and oxygen atoms in total. The van der Waals surface area contributed by atoms with Gasteiger partial charge in [-0.05, 0) is 24.1 Å². The minimum Gasteiger partial charge on any atom is -0.322 e. The fourth-order valence-corrected chi connectivity index (χ4v) is 1.74. The van der Waals surface area contributed by atoms with Crippen molar-refractivity contribution in [1.82, 2.24) is 4.98 Å². The van der Waals surface area contributed by atoms with Crippen LogP contribution in [-0.2, 0) is 6.42 Å². The lowest BCUT2D eigenvalue weighted by molar-refractivity contribution is 1.14. The number of aromatic amines is 1. The highest BCUT2D eigenvalue weighted by Gasteiger charge is 2.01. The largest absolute Gasteiger partial charge is 0.322 e. The van der Waals surface area contributed by atoms with Crippen molar-refractivity contribution >= 4 is 22.5 Å². The average Bonchev–Trinajstić information content (AvgIpc) is 2.17. The first-order chi connectivity index (χ1) is 6.70. The van der Waals surface area contributed by atoms with Gasteiger partial charge in [0.2, 0.25) is 5.56 Å². The number of H-pyrrole nitrogens is 1. The standard InChI is InChI=1S/C11H10ClNO/c1-2-7-3-4-10-8(5-7)9(12)6-11(14)13-10/h3-6H,2H2,1H3,(H,13,14). The summed E-state index contributed by atoms with van der Waals surface area (Å²) in [4.78, 5) is 13.9. The zero-order valence-electron chi connectivity index (χ0n) is 7.80. The summed E-state index contributed by atoms with van der Waals surface area (Å²) >= 11 is 5.97. The number of aromatic nitrogens is 1. The molecule has 0 bridgehead atoms. The molecule has 2 rings (SSSR count). The smallest absolute Gasteiger partial charge is 0.249 e. The number of halogens is 1. The Morgan fingerprint density at radius 2 is 2.14 bits per heavy atom. The van der Waals surface area contributed by atoms with Crippen LogP contribution in [0.25, 0.3) is 10.9 Å². The van der Waals surface area contributed by atoms with Crippen LogP contribution in [0.1, 0.15) is 12.5 Å². The highest BCUT2D eigenvalue weighted by molar-refractivity contribution is 6.35. The van der Waals surface area contributed by atoms with E-state index < -0.39 is 0 Å². The van der Waals surface area contributed by atoms with Gasteiger partial charge in [-0.1, -0.05) is 24.6 Å². The Hall–Kier alpha value is -1.28. The number of hydrogen-bond acceptors (Lipinski definition) is 1. The van der Waals surface area contributed by atoms with Crippen LogP contribution in [0.3, 0.4) is 0 Å². The van der Waals surface area contributed by atoms with Gasteiger partial charge in [-0.3, -0.25) is 4.79 Å². The van der Waals surface area contributed by atoms with Gasteiger partial charge in [0.05, 0.1) is 5.02 Å². The van der Waals surface area contributed by atoms with E-state index in [1.807, 2.05) is 18.2 Å². The van der Waals surface area contributed by atoms with Crippen molar-refractivity contribution < 1.29 is 0 Å². The number of fused-ring (bicyclic) bond motifs is 1. The zero-order valence-corrected chi connectivity index (χ0v) is 8.56. The van der Waals surface area contributed by atoms with Crippen LogP contribution in [0.4, 0.5) is 0 Å². The van der Waals surface area contributed by atoms with Crippen LogP contribution >= 0.6 is 11.6 Å². The predicted molar refractivity (Wildman–Crippen MR) is 59.0 cm³/mol. The molecule has 1 aromatic carbocycles. The number of pyridine rings is 1. The molecule has 14 heavy (non-hydrogen) atoms. The average molecular weight is 208 g/mol. The Morgan fingerprint density at radius 3 is 2.86 bits per heavy atom. The van der Waals surface area contributed by atoms with E-state index in [2.05, 4.69) is 11.9 Å². The van der Waals surface area contributed by atoms with E-state index in [-0.39, 0.29) is 5.56 Å². The van der Waals surface area contributed by atoms with Crippen LogP contribution in [0.5, 0.6) is 0 Å². The van der Waals surface area contributed by atoms with Crippen molar-refractivity contribution in [3.8, 4) is 0 Å². The fraction of sp³-hybridized carbons (Fsp3) is 0.182. The first-order valence-corrected chi connectivity index (χ1v) is 4.90. The number of rotatable bonds is 1. The molecule has 1 N–H and O–H groups in total. The number of hydrogen-bond donors (Lipinski definition) is 1. The van der Waals surface area contributed by atoms with Gasteiger partial charge in [0.25, 0.3) is 0 Å². The molecule has 72 valence electrons. The highest BCUT2D eigenvalue weighted by atomic mass is 35.5. The van der Waals surface area contributed by atoms with Crippen molar-refractivity contribution in [2.24, 2.45) is 0 Å². The van der Waals surface area contributed by atoms with Gasteiger partial charge in [0.1, 0.15) is 0 Å². The van der Waals surface area contributed by atoms with Gasteiger partial charge in [0, 0.05) is 17.0 Å². The second-order valence-electron chi connectivity index (χ2n) is 3.22. The molecule has 0 radical (unpaired) electrons. The van der Waals surface area contributed by atoms with Gasteiger partial charge in [-0.2, -0.15) is 0 Å². The molecular weight excluding hydrogens is 198 g/mol. The summed E-state index contributed by atoms with van der Waals surface area (Å²) in [7, 11) is 0. The van der Waals surface area contributed by atoms with E-state index in [0.717, 1.165) is 17.3 Å². The fourth-order valence-electron chi connectivity index (χ4n) is 1.48. The van der Waals surface area contributed by atoms with Crippen LogP contribution in [0, 0.1) is 0 Å². The van der Waals surface area contributed by atoms with E-state index in [4.69, 9.17) is 11.6 Å². The Morgan fingerprint density at radius 1 is 1.36 bits per heavy atom. The normalized spacial score (nSPS) is 10.7. The SMILES string of the molecule is CCc1ccc2[nH]c(=O)cc(Cl)c2c1. The molecule has 0 amide bonds. The van der Waals surface area contributed by atoms with E-state index in [0.29, 0.717) is 5.02 Å². The van der Waals surface area contributed by atoms with Gasteiger partial charge in [-0.15, -0.1) is 0 Å². The Bertz CT molecular complexity index is 530. The maximum Gasteiger partial charge on any atom is 0.249 e. The second kappa shape index (κ2) is 3.46. The molecule has 3 heteroatoms. The van der Waals surface area contributed by atoms with Gasteiger partial charge < -0.3 is 4.98 Å². The lowest BCUT2D eigenvalue weighted by Crippen LogP contribution is -2.03. The Balaban J connectivity index is 2.82. The Labute approximate surface area is 86.5 Å². The summed E-state index contributed by atoms with van der Waals surface area (Å²) < 4.78 is 0. The van der Waals surface area contributed by atoms with Crippen molar-refractivity contribution in [1.29, 1.82) is 0 Å². The first-order valence-electron chi connectivity index (χ1n) is 4.52. The molecule has 1 aromatic heterocycles. The summed E-state index contributed by atoms with van der Waals surface area (Å²) in [5.74, 6) is 0. The monoisotopic (exact) mass is 207 g/mol. The molecular formula is C11H10ClNO. The summed E-state index contributed by atoms with van der Waals surface area (Å²) in [5, 5.41) is 1.42. The van der Waals surface area contributed by atoms with Crippen molar-refractivity contribution in [2.75, 3.05) is 0 Å². The third-order valence-corrected chi connectivity index (χ3v) is 2.58. The minimum absolute atomic E-state index is 0.160. The van der Waals surface area contributed by atoms with E-state index in [9.17, 15) is 4.79 Å². The lowest BCUT2D eigenvalue weighted by Gasteiger charge is -2.02. The molecule has 0 aliphatic carbocycles. The topological polar surface area (TPSA) is 32.9 Å².